The van der Waals surface area contributed by atoms with Crippen molar-refractivity contribution in [2.24, 2.45) is 0 Å². The number of carbonyl (C=O) groups excluding carboxylic acids is 3. The van der Waals surface area contributed by atoms with E-state index in [-0.39, 0.29) is 18.4 Å². The topological polar surface area (TPSA) is 87.7 Å². The molecule has 0 saturated carbocycles. The summed E-state index contributed by atoms with van der Waals surface area (Å²) in [6.07, 6.45) is 5.68. The van der Waals surface area contributed by atoms with Gasteiger partial charge >= 0.3 is 6.09 Å². The molecule has 0 aromatic heterocycles. The van der Waals surface area contributed by atoms with Crippen LogP contribution in [0.25, 0.3) is 0 Å². The van der Waals surface area contributed by atoms with Gasteiger partial charge < -0.3 is 20.3 Å². The van der Waals surface area contributed by atoms with E-state index in [1.807, 2.05) is 60.7 Å². The van der Waals surface area contributed by atoms with Crippen molar-refractivity contribution in [1.29, 1.82) is 0 Å². The van der Waals surface area contributed by atoms with E-state index in [0.717, 1.165) is 36.8 Å². The maximum atomic E-state index is 13.5. The Morgan fingerprint density at radius 3 is 2.05 bits per heavy atom. The maximum absolute atomic E-state index is 13.5. The Hall–Kier alpha value is -3.35. The molecule has 202 valence electrons. The van der Waals surface area contributed by atoms with E-state index in [0.29, 0.717) is 13.1 Å². The third kappa shape index (κ3) is 11.5. The molecule has 0 radical (unpaired) electrons. The van der Waals surface area contributed by atoms with Crippen molar-refractivity contribution >= 4 is 17.9 Å². The Bertz CT molecular complexity index is 958. The molecule has 37 heavy (non-hydrogen) atoms. The lowest BCUT2D eigenvalue weighted by atomic mass is 10.0. The molecule has 3 amide bonds. The second-order valence-corrected chi connectivity index (χ2v) is 10.2. The van der Waals surface area contributed by atoms with Gasteiger partial charge in [0.1, 0.15) is 18.2 Å². The van der Waals surface area contributed by atoms with Crippen LogP contribution < -0.4 is 10.6 Å². The zero-order chi connectivity index (χ0) is 27.1. The molecule has 7 nitrogen and oxygen atoms in total. The first-order valence-electron chi connectivity index (χ1n) is 13.3. The standard InChI is InChI=1S/C30H43N3O4/c1-5-6-7-8-9-16-21-33(26(34)23-32-29(36)37-30(2,3)4)27(25-19-14-11-15-20-25)28(35)31-22-24-17-12-10-13-18-24/h10-15,17-20,27H,5-9,16,21-23H2,1-4H3,(H,31,35)(H,32,36). The number of hydrogen-bond donors (Lipinski definition) is 2. The minimum absolute atomic E-state index is 0.250. The molecule has 0 heterocycles. The van der Waals surface area contributed by atoms with Gasteiger partial charge in [0, 0.05) is 13.1 Å². The molecular formula is C30H43N3O4. The van der Waals surface area contributed by atoms with Gasteiger partial charge in [0.05, 0.1) is 0 Å². The molecule has 1 atom stereocenters. The Morgan fingerprint density at radius 1 is 0.838 bits per heavy atom. The molecule has 1 unspecified atom stereocenters. The molecule has 0 saturated heterocycles. The molecule has 0 spiro atoms. The van der Waals surface area contributed by atoms with Crippen LogP contribution in [-0.2, 0) is 20.9 Å². The molecule has 0 aliphatic carbocycles. The molecule has 2 aromatic carbocycles. The molecule has 7 heteroatoms. The smallest absolute Gasteiger partial charge is 0.408 e. The average Bonchev–Trinajstić information content (AvgIpc) is 2.87. The summed E-state index contributed by atoms with van der Waals surface area (Å²) in [5.41, 5.74) is 1.03. The lowest BCUT2D eigenvalue weighted by Gasteiger charge is -2.32. The van der Waals surface area contributed by atoms with E-state index in [2.05, 4.69) is 17.6 Å². The molecule has 0 bridgehead atoms. The van der Waals surface area contributed by atoms with Crippen molar-refractivity contribution in [1.82, 2.24) is 15.5 Å². The highest BCUT2D eigenvalue weighted by Gasteiger charge is 2.31. The predicted molar refractivity (Wildman–Crippen MR) is 147 cm³/mol. The minimum Gasteiger partial charge on any atom is -0.444 e. The molecule has 2 aromatic rings. The van der Waals surface area contributed by atoms with Gasteiger partial charge in [-0.15, -0.1) is 0 Å². The third-order valence-corrected chi connectivity index (χ3v) is 5.84. The second kappa shape index (κ2) is 15.7. The SMILES string of the molecule is CCCCCCCCN(C(=O)CNC(=O)OC(C)(C)C)C(C(=O)NCc1ccccc1)c1ccccc1. The van der Waals surface area contributed by atoms with E-state index in [1.165, 1.54) is 12.8 Å². The first-order valence-corrected chi connectivity index (χ1v) is 13.3. The van der Waals surface area contributed by atoms with Crippen LogP contribution in [0.4, 0.5) is 4.79 Å². The number of alkyl carbamates (subject to hydrolysis) is 1. The summed E-state index contributed by atoms with van der Waals surface area (Å²) in [6.45, 7) is 8.00. The molecule has 0 fully saturated rings. The highest BCUT2D eigenvalue weighted by Crippen LogP contribution is 2.23. The number of benzene rings is 2. The highest BCUT2D eigenvalue weighted by molar-refractivity contribution is 5.90. The van der Waals surface area contributed by atoms with E-state index in [4.69, 9.17) is 4.74 Å². The molecule has 2 rings (SSSR count). The summed E-state index contributed by atoms with van der Waals surface area (Å²) in [4.78, 5) is 40.8. The Balaban J connectivity index is 2.20. The van der Waals surface area contributed by atoms with Gasteiger partial charge in [-0.1, -0.05) is 99.7 Å². The Labute approximate surface area is 222 Å². The number of nitrogens with zero attached hydrogens (tertiary/aromatic N) is 1. The maximum Gasteiger partial charge on any atom is 0.408 e. The van der Waals surface area contributed by atoms with Crippen LogP contribution in [0, 0.1) is 0 Å². The van der Waals surface area contributed by atoms with Crippen molar-refractivity contribution in [3.8, 4) is 0 Å². The van der Waals surface area contributed by atoms with E-state index >= 15 is 0 Å². The number of amides is 3. The van der Waals surface area contributed by atoms with Gasteiger partial charge in [-0.05, 0) is 38.3 Å². The van der Waals surface area contributed by atoms with Gasteiger partial charge in [0.25, 0.3) is 0 Å². The summed E-state index contributed by atoms with van der Waals surface area (Å²) < 4.78 is 5.28. The summed E-state index contributed by atoms with van der Waals surface area (Å²) in [5, 5.41) is 5.56. The van der Waals surface area contributed by atoms with Gasteiger partial charge in [-0.25, -0.2) is 4.79 Å². The van der Waals surface area contributed by atoms with E-state index < -0.39 is 17.7 Å². The number of ether oxygens (including phenoxy) is 1. The number of nitrogens with one attached hydrogen (secondary N) is 2. The van der Waals surface area contributed by atoms with E-state index in [1.54, 1.807) is 25.7 Å². The van der Waals surface area contributed by atoms with Gasteiger partial charge in [-0.2, -0.15) is 0 Å². The fraction of sp³-hybridized carbons (Fsp3) is 0.500. The van der Waals surface area contributed by atoms with Crippen LogP contribution in [-0.4, -0.2) is 41.5 Å². The lowest BCUT2D eigenvalue weighted by molar-refractivity contribution is -0.140. The van der Waals surface area contributed by atoms with Crippen molar-refractivity contribution in [2.75, 3.05) is 13.1 Å². The quantitative estimate of drug-likeness (QED) is 0.317. The molecular weight excluding hydrogens is 466 g/mol. The van der Waals surface area contributed by atoms with Gasteiger partial charge in [0.15, 0.2) is 0 Å². The normalized spacial score (nSPS) is 11.9. The van der Waals surface area contributed by atoms with Crippen molar-refractivity contribution < 1.29 is 19.1 Å². The van der Waals surface area contributed by atoms with Gasteiger partial charge in [0.2, 0.25) is 11.8 Å². The first-order chi connectivity index (χ1) is 17.7. The van der Waals surface area contributed by atoms with Crippen LogP contribution in [0.3, 0.4) is 0 Å². The largest absolute Gasteiger partial charge is 0.444 e. The summed E-state index contributed by atoms with van der Waals surface area (Å²) in [6, 6.07) is 18.2. The summed E-state index contributed by atoms with van der Waals surface area (Å²) in [7, 11) is 0. The van der Waals surface area contributed by atoms with Crippen molar-refractivity contribution in [2.45, 2.75) is 84.4 Å². The Morgan fingerprint density at radius 2 is 1.43 bits per heavy atom. The number of unbranched alkanes of at least 4 members (excludes halogenated alkanes) is 5. The van der Waals surface area contributed by atoms with Crippen LogP contribution in [0.15, 0.2) is 60.7 Å². The zero-order valence-corrected chi connectivity index (χ0v) is 22.8. The summed E-state index contributed by atoms with van der Waals surface area (Å²) >= 11 is 0. The first kappa shape index (κ1) is 29.9. The average molecular weight is 510 g/mol. The zero-order valence-electron chi connectivity index (χ0n) is 22.8. The fourth-order valence-corrected chi connectivity index (χ4v) is 4.01. The lowest BCUT2D eigenvalue weighted by Crippen LogP contribution is -2.48. The van der Waals surface area contributed by atoms with Crippen LogP contribution in [0.5, 0.6) is 0 Å². The van der Waals surface area contributed by atoms with Crippen LogP contribution in [0.2, 0.25) is 0 Å². The summed E-state index contributed by atoms with van der Waals surface area (Å²) in [5.74, 6) is -0.588. The third-order valence-electron chi connectivity index (χ3n) is 5.84. The predicted octanol–water partition coefficient (Wildman–Crippen LogP) is 5.76. The fourth-order valence-electron chi connectivity index (χ4n) is 4.01. The molecule has 2 N–H and O–H groups in total. The minimum atomic E-state index is -0.812. The van der Waals surface area contributed by atoms with Crippen LogP contribution >= 0.6 is 0 Å². The monoisotopic (exact) mass is 509 g/mol. The number of rotatable bonds is 14. The van der Waals surface area contributed by atoms with Crippen LogP contribution in [0.1, 0.15) is 83.4 Å². The van der Waals surface area contributed by atoms with Crippen molar-refractivity contribution in [3.05, 3.63) is 71.8 Å². The highest BCUT2D eigenvalue weighted by atomic mass is 16.6. The number of carbonyl (C=O) groups is 3. The molecule has 0 aliphatic rings. The van der Waals surface area contributed by atoms with E-state index in [9.17, 15) is 14.4 Å². The number of hydrogen-bond acceptors (Lipinski definition) is 4. The van der Waals surface area contributed by atoms with Gasteiger partial charge in [-0.3, -0.25) is 9.59 Å². The Kier molecular flexibility index (Phi) is 12.7. The molecule has 0 aliphatic heterocycles. The second-order valence-electron chi connectivity index (χ2n) is 10.2. The van der Waals surface area contributed by atoms with Crippen molar-refractivity contribution in [3.63, 3.8) is 0 Å².